The summed E-state index contributed by atoms with van der Waals surface area (Å²) in [6.07, 6.45) is 8.31. The number of carbonyl (C=O) groups excluding carboxylic acids is 3. The summed E-state index contributed by atoms with van der Waals surface area (Å²) in [5, 5.41) is 9.33. The van der Waals surface area contributed by atoms with Crippen LogP contribution in [0.25, 0.3) is 0 Å². The van der Waals surface area contributed by atoms with E-state index in [1.807, 2.05) is 0 Å². The third-order valence-corrected chi connectivity index (χ3v) is 5.17. The van der Waals surface area contributed by atoms with Crippen LogP contribution < -0.4 is 20.8 Å². The quantitative estimate of drug-likeness (QED) is 0.249. The molecule has 0 radical (unpaired) electrons. The standard InChI is InChI=1S/C25H28N4O4/c1-2-15-33-20-12-8-9-18(16-20)17-26-29-25(32)24(31)28-22-14-7-6-13-21(22)23(30)27-19-10-4-3-5-11-19/h2,6-9,12-14,16-17,19H,1,3-5,10-11,15H2,(H,27,30)(H,28,31)(H,29,32)/b26-17-. The summed E-state index contributed by atoms with van der Waals surface area (Å²) in [5.41, 5.74) is 3.45. The van der Waals surface area contributed by atoms with E-state index >= 15 is 0 Å². The highest BCUT2D eigenvalue weighted by Crippen LogP contribution is 2.20. The Morgan fingerprint density at radius 2 is 1.82 bits per heavy atom. The molecule has 3 amide bonds. The minimum atomic E-state index is -0.951. The minimum Gasteiger partial charge on any atom is -0.490 e. The molecule has 0 atom stereocenters. The van der Waals surface area contributed by atoms with E-state index in [1.54, 1.807) is 54.6 Å². The third-order valence-electron chi connectivity index (χ3n) is 5.17. The highest BCUT2D eigenvalue weighted by molar-refractivity contribution is 6.40. The van der Waals surface area contributed by atoms with Crippen LogP contribution in [0.3, 0.4) is 0 Å². The van der Waals surface area contributed by atoms with Gasteiger partial charge in [0.1, 0.15) is 12.4 Å². The van der Waals surface area contributed by atoms with Gasteiger partial charge in [0.25, 0.3) is 5.91 Å². The molecule has 1 fully saturated rings. The van der Waals surface area contributed by atoms with E-state index in [1.165, 1.54) is 12.6 Å². The Bertz CT molecular complexity index is 1030. The first-order valence-corrected chi connectivity index (χ1v) is 10.9. The molecule has 0 saturated heterocycles. The van der Waals surface area contributed by atoms with E-state index in [0.717, 1.165) is 25.7 Å². The average Bonchev–Trinajstić information content (AvgIpc) is 2.84. The molecule has 0 heterocycles. The summed E-state index contributed by atoms with van der Waals surface area (Å²) in [4.78, 5) is 37.2. The van der Waals surface area contributed by atoms with E-state index in [9.17, 15) is 14.4 Å². The monoisotopic (exact) mass is 448 g/mol. The van der Waals surface area contributed by atoms with E-state index in [-0.39, 0.29) is 17.6 Å². The van der Waals surface area contributed by atoms with Crippen molar-refractivity contribution in [3.8, 4) is 5.75 Å². The largest absolute Gasteiger partial charge is 0.490 e. The van der Waals surface area contributed by atoms with Gasteiger partial charge in [-0.2, -0.15) is 5.10 Å². The van der Waals surface area contributed by atoms with Crippen molar-refractivity contribution < 1.29 is 19.1 Å². The molecule has 0 bridgehead atoms. The van der Waals surface area contributed by atoms with E-state index in [4.69, 9.17) is 4.74 Å². The van der Waals surface area contributed by atoms with Gasteiger partial charge in [-0.15, -0.1) is 0 Å². The Morgan fingerprint density at radius 3 is 2.61 bits per heavy atom. The Morgan fingerprint density at radius 1 is 1.03 bits per heavy atom. The zero-order chi connectivity index (χ0) is 23.5. The molecular formula is C25H28N4O4. The van der Waals surface area contributed by atoms with Crippen LogP contribution in [-0.4, -0.2) is 36.6 Å². The summed E-state index contributed by atoms with van der Waals surface area (Å²) >= 11 is 0. The number of hydrazone groups is 1. The molecule has 33 heavy (non-hydrogen) atoms. The van der Waals surface area contributed by atoms with Crippen molar-refractivity contribution in [2.45, 2.75) is 38.1 Å². The maximum atomic E-state index is 12.7. The Balaban J connectivity index is 1.56. The number of benzene rings is 2. The number of nitrogens with zero attached hydrogens (tertiary/aromatic N) is 1. The van der Waals surface area contributed by atoms with E-state index < -0.39 is 11.8 Å². The van der Waals surface area contributed by atoms with Crippen LogP contribution >= 0.6 is 0 Å². The summed E-state index contributed by atoms with van der Waals surface area (Å²) in [6, 6.07) is 13.8. The number of para-hydroxylation sites is 1. The van der Waals surface area contributed by atoms with Crippen molar-refractivity contribution in [1.29, 1.82) is 0 Å². The summed E-state index contributed by atoms with van der Waals surface area (Å²) in [6.45, 7) is 3.97. The SMILES string of the molecule is C=CCOc1cccc(/C=N\NC(=O)C(=O)Nc2ccccc2C(=O)NC2CCCCC2)c1. The lowest BCUT2D eigenvalue weighted by Crippen LogP contribution is -2.37. The molecule has 1 aliphatic carbocycles. The minimum absolute atomic E-state index is 0.133. The molecule has 8 heteroatoms. The van der Waals surface area contributed by atoms with Gasteiger partial charge < -0.3 is 15.4 Å². The summed E-state index contributed by atoms with van der Waals surface area (Å²) in [7, 11) is 0. The predicted molar refractivity (Wildman–Crippen MR) is 127 cm³/mol. The van der Waals surface area contributed by atoms with Gasteiger partial charge in [0.05, 0.1) is 17.5 Å². The van der Waals surface area contributed by atoms with Crippen molar-refractivity contribution in [2.75, 3.05) is 11.9 Å². The van der Waals surface area contributed by atoms with Crippen molar-refractivity contribution in [3.05, 3.63) is 72.3 Å². The van der Waals surface area contributed by atoms with Gasteiger partial charge >= 0.3 is 11.8 Å². The lowest BCUT2D eigenvalue weighted by molar-refractivity contribution is -0.136. The average molecular weight is 449 g/mol. The number of rotatable bonds is 8. The molecule has 1 aliphatic rings. The first-order valence-electron chi connectivity index (χ1n) is 10.9. The van der Waals surface area contributed by atoms with Crippen LogP contribution in [0.1, 0.15) is 48.0 Å². The zero-order valence-corrected chi connectivity index (χ0v) is 18.4. The molecule has 1 saturated carbocycles. The molecule has 0 aliphatic heterocycles. The number of nitrogens with one attached hydrogen (secondary N) is 3. The Kier molecular flexibility index (Phi) is 8.76. The second-order valence-corrected chi connectivity index (χ2v) is 7.68. The summed E-state index contributed by atoms with van der Waals surface area (Å²) < 4.78 is 5.44. The fraction of sp³-hybridized carbons (Fsp3) is 0.280. The number of anilines is 1. The highest BCUT2D eigenvalue weighted by atomic mass is 16.5. The van der Waals surface area contributed by atoms with Crippen LogP contribution in [0.15, 0.2) is 66.3 Å². The predicted octanol–water partition coefficient (Wildman–Crippen LogP) is 3.40. The molecular weight excluding hydrogens is 420 g/mol. The fourth-order valence-corrected chi connectivity index (χ4v) is 3.54. The van der Waals surface area contributed by atoms with Gasteiger partial charge in [0.15, 0.2) is 0 Å². The molecule has 2 aromatic rings. The van der Waals surface area contributed by atoms with Crippen molar-refractivity contribution in [2.24, 2.45) is 5.10 Å². The maximum Gasteiger partial charge on any atom is 0.329 e. The van der Waals surface area contributed by atoms with Crippen LogP contribution in [0.5, 0.6) is 5.75 Å². The first kappa shape index (κ1) is 23.7. The third kappa shape index (κ3) is 7.31. The number of hydrogen-bond donors (Lipinski definition) is 3. The van der Waals surface area contributed by atoms with E-state index in [2.05, 4.69) is 27.7 Å². The normalized spacial score (nSPS) is 13.8. The zero-order valence-electron chi connectivity index (χ0n) is 18.4. The number of amides is 3. The van der Waals surface area contributed by atoms with E-state index in [0.29, 0.717) is 23.5 Å². The van der Waals surface area contributed by atoms with Crippen molar-refractivity contribution in [1.82, 2.24) is 10.7 Å². The number of carbonyl (C=O) groups is 3. The molecule has 172 valence electrons. The fourth-order valence-electron chi connectivity index (χ4n) is 3.54. The highest BCUT2D eigenvalue weighted by Gasteiger charge is 2.20. The first-order chi connectivity index (χ1) is 16.1. The van der Waals surface area contributed by atoms with Crippen LogP contribution in [-0.2, 0) is 9.59 Å². The molecule has 0 spiro atoms. The molecule has 8 nitrogen and oxygen atoms in total. The van der Waals surface area contributed by atoms with Crippen molar-refractivity contribution in [3.63, 3.8) is 0 Å². The van der Waals surface area contributed by atoms with Crippen LogP contribution in [0.4, 0.5) is 5.69 Å². The Hall–Kier alpha value is -3.94. The van der Waals surface area contributed by atoms with Crippen LogP contribution in [0, 0.1) is 0 Å². The van der Waals surface area contributed by atoms with Gasteiger partial charge in [-0.25, -0.2) is 5.43 Å². The number of hydrogen-bond acceptors (Lipinski definition) is 5. The number of ether oxygens (including phenoxy) is 1. The lowest BCUT2D eigenvalue weighted by atomic mass is 9.95. The second-order valence-electron chi connectivity index (χ2n) is 7.68. The molecule has 3 rings (SSSR count). The second kappa shape index (κ2) is 12.2. The topological polar surface area (TPSA) is 109 Å². The lowest BCUT2D eigenvalue weighted by Gasteiger charge is -2.23. The molecule has 0 unspecified atom stereocenters. The van der Waals surface area contributed by atoms with Crippen LogP contribution in [0.2, 0.25) is 0 Å². The van der Waals surface area contributed by atoms with Gasteiger partial charge in [-0.1, -0.05) is 56.2 Å². The van der Waals surface area contributed by atoms with Gasteiger partial charge in [-0.3, -0.25) is 14.4 Å². The van der Waals surface area contributed by atoms with Gasteiger partial charge in [0.2, 0.25) is 0 Å². The van der Waals surface area contributed by atoms with Crippen molar-refractivity contribution >= 4 is 29.6 Å². The molecule has 2 aromatic carbocycles. The Labute approximate surface area is 193 Å². The smallest absolute Gasteiger partial charge is 0.329 e. The van der Waals surface area contributed by atoms with Gasteiger partial charge in [-0.05, 0) is 42.7 Å². The molecule has 3 N–H and O–H groups in total. The molecule has 0 aromatic heterocycles. The maximum absolute atomic E-state index is 12.7. The summed E-state index contributed by atoms with van der Waals surface area (Å²) in [5.74, 6) is -1.51. The van der Waals surface area contributed by atoms with Gasteiger partial charge in [0, 0.05) is 6.04 Å².